The monoisotopic (exact) mass is 683 g/mol. The van der Waals surface area contributed by atoms with E-state index in [4.69, 9.17) is 36.2 Å². The summed E-state index contributed by atoms with van der Waals surface area (Å²) in [5.41, 5.74) is 15.3. The number of aliphatic carboxylic acids is 1. The van der Waals surface area contributed by atoms with Gasteiger partial charge in [0.2, 0.25) is 11.8 Å². The molecule has 0 fully saturated rings. The van der Waals surface area contributed by atoms with Crippen LogP contribution in [0.15, 0.2) is 35.7 Å². The number of aryl methyl sites for hydroxylation is 1. The fourth-order valence-corrected chi connectivity index (χ4v) is 5.71. The Balaban J connectivity index is 1.85. The Morgan fingerprint density at radius 3 is 2.35 bits per heavy atom. The van der Waals surface area contributed by atoms with E-state index in [0.29, 0.717) is 41.6 Å². The quantitative estimate of drug-likeness (QED) is 0.0581. The van der Waals surface area contributed by atoms with E-state index in [0.717, 1.165) is 22.3 Å². The van der Waals surface area contributed by atoms with Gasteiger partial charge in [0, 0.05) is 35.4 Å². The zero-order valence-corrected chi connectivity index (χ0v) is 28.0. The number of nitrogens with one attached hydrogen (secondary N) is 4. The van der Waals surface area contributed by atoms with Gasteiger partial charge in [0.1, 0.15) is 5.75 Å². The number of amides is 2. The third-order valence-corrected chi connectivity index (χ3v) is 7.99. The first-order chi connectivity index (χ1) is 22.9. The summed E-state index contributed by atoms with van der Waals surface area (Å²) in [5, 5.41) is 26.0. The minimum atomic E-state index is -1.32. The summed E-state index contributed by atoms with van der Waals surface area (Å²) in [6.45, 7) is 1.79. The molecule has 0 aliphatic carbocycles. The number of anilines is 1. The van der Waals surface area contributed by atoms with Crippen LogP contribution in [0.4, 0.5) is 5.69 Å². The van der Waals surface area contributed by atoms with E-state index in [9.17, 15) is 19.2 Å². The summed E-state index contributed by atoms with van der Waals surface area (Å²) < 4.78 is 21.2. The fraction of sp³-hybridized carbons (Fsp3) is 0.375. The third-order valence-electron chi connectivity index (χ3n) is 7.36. The highest BCUT2D eigenvalue weighted by molar-refractivity contribution is 7.04. The van der Waals surface area contributed by atoms with Crippen molar-refractivity contribution >= 4 is 46.7 Å². The van der Waals surface area contributed by atoms with Crippen molar-refractivity contribution in [3.8, 4) is 39.6 Å². The number of benzene rings is 2. The molecule has 1 heterocycles. The molecular weight excluding hydrogens is 642 g/mol. The number of nitrogens with zero attached hydrogens (tertiary/aromatic N) is 1. The maximum atomic E-state index is 13.7. The lowest BCUT2D eigenvalue weighted by Gasteiger charge is -2.19. The Hall–Kier alpha value is -5.22. The van der Waals surface area contributed by atoms with Crippen molar-refractivity contribution in [2.75, 3.05) is 39.7 Å². The van der Waals surface area contributed by atoms with Crippen molar-refractivity contribution in [3.05, 3.63) is 41.3 Å². The molecule has 0 unspecified atom stereocenters. The minimum absolute atomic E-state index is 0.223. The van der Waals surface area contributed by atoms with E-state index in [1.807, 2.05) is 30.5 Å². The van der Waals surface area contributed by atoms with Crippen LogP contribution < -0.4 is 41.6 Å². The van der Waals surface area contributed by atoms with Gasteiger partial charge in [-0.15, -0.1) is 0 Å². The van der Waals surface area contributed by atoms with Crippen molar-refractivity contribution in [1.29, 1.82) is 5.41 Å². The molecule has 2 atom stereocenters. The molecule has 0 aliphatic rings. The molecule has 258 valence electrons. The predicted molar refractivity (Wildman–Crippen MR) is 182 cm³/mol. The molecule has 0 saturated carbocycles. The van der Waals surface area contributed by atoms with E-state index in [1.165, 1.54) is 18.6 Å². The van der Waals surface area contributed by atoms with Gasteiger partial charge in [-0.05, 0) is 66.7 Å². The van der Waals surface area contributed by atoms with Crippen LogP contribution in [0.1, 0.15) is 31.2 Å². The topological polar surface area (TPSA) is 241 Å². The van der Waals surface area contributed by atoms with Crippen LogP contribution >= 0.6 is 11.5 Å². The Morgan fingerprint density at radius 2 is 1.71 bits per heavy atom. The number of hydrogen-bond donors (Lipinski definition) is 7. The van der Waals surface area contributed by atoms with Crippen LogP contribution in [0.2, 0.25) is 0 Å². The second kappa shape index (κ2) is 17.6. The van der Waals surface area contributed by atoms with Crippen LogP contribution in [0.3, 0.4) is 0 Å². The Labute approximate surface area is 282 Å². The van der Waals surface area contributed by atoms with Gasteiger partial charge < -0.3 is 46.7 Å². The van der Waals surface area contributed by atoms with Crippen LogP contribution in [0.5, 0.6) is 17.2 Å². The van der Waals surface area contributed by atoms with Gasteiger partial charge in [0.15, 0.2) is 23.2 Å². The average Bonchev–Trinajstić information content (AvgIpc) is 3.54. The first-order valence-corrected chi connectivity index (χ1v) is 15.7. The summed E-state index contributed by atoms with van der Waals surface area (Å²) in [5.74, 6) is -2.41. The number of ketones is 1. The SMILES string of the molecule is COc1ccc(-c2csnc2-c2cc(C)c(OC)c(OC)c2)cc1NC(=O)[C@H](CCCNC(=N)N)CC(=O)CNC(=O)[C@@H](N)CC(=O)O. The number of carboxylic acid groups (broad SMARTS) is 1. The predicted octanol–water partition coefficient (Wildman–Crippen LogP) is 2.51. The molecule has 0 bridgehead atoms. The normalized spacial score (nSPS) is 11.9. The largest absolute Gasteiger partial charge is 0.495 e. The van der Waals surface area contributed by atoms with Crippen molar-refractivity contribution < 1.29 is 38.5 Å². The Morgan fingerprint density at radius 1 is 0.979 bits per heavy atom. The number of carboxylic acids is 1. The number of guanidine groups is 1. The van der Waals surface area contributed by atoms with E-state index in [1.54, 1.807) is 26.4 Å². The molecular formula is C32H41N7O8S. The summed E-state index contributed by atoms with van der Waals surface area (Å²) in [7, 11) is 4.62. The van der Waals surface area contributed by atoms with Crippen LogP contribution in [-0.2, 0) is 19.2 Å². The highest BCUT2D eigenvalue weighted by atomic mass is 32.1. The molecule has 3 rings (SSSR count). The van der Waals surface area contributed by atoms with Gasteiger partial charge in [-0.1, -0.05) is 6.07 Å². The average molecular weight is 684 g/mol. The van der Waals surface area contributed by atoms with Crippen LogP contribution in [0, 0.1) is 18.3 Å². The molecule has 0 radical (unpaired) electrons. The van der Waals surface area contributed by atoms with Gasteiger partial charge in [-0.3, -0.25) is 24.6 Å². The Bertz CT molecular complexity index is 1640. The lowest BCUT2D eigenvalue weighted by molar-refractivity contribution is -0.139. The maximum absolute atomic E-state index is 13.7. The molecule has 15 nitrogen and oxygen atoms in total. The number of hydrogen-bond acceptors (Lipinski definition) is 11. The molecule has 0 saturated heterocycles. The molecule has 0 aliphatic heterocycles. The van der Waals surface area contributed by atoms with E-state index >= 15 is 0 Å². The standard InChI is InChI=1S/C32H41N7O8S/c1-17-10-20(13-26(46-3)29(17)47-4)28-22(16-48-39-28)18-7-8-25(45-2)24(12-18)38-30(43)19(6-5-9-36-32(34)35)11-21(40)15-37-31(44)23(33)14-27(41)42/h7-8,10,12-13,16,19,23H,5-6,9,11,14-15,33H2,1-4H3,(H,37,44)(H,38,43)(H,41,42)(H4,34,35,36)/t19-,23+/m1/s1. The van der Waals surface area contributed by atoms with Crippen molar-refractivity contribution in [1.82, 2.24) is 15.0 Å². The van der Waals surface area contributed by atoms with E-state index in [2.05, 4.69) is 20.3 Å². The van der Waals surface area contributed by atoms with Crippen LogP contribution in [0.25, 0.3) is 22.4 Å². The molecule has 1 aromatic heterocycles. The number of methoxy groups -OCH3 is 3. The second-order valence-electron chi connectivity index (χ2n) is 10.9. The zero-order chi connectivity index (χ0) is 35.4. The van der Waals surface area contributed by atoms with Crippen LogP contribution in [-0.4, -0.2) is 79.5 Å². The smallest absolute Gasteiger partial charge is 0.305 e. The number of carbonyl (C=O) groups is 4. The first kappa shape index (κ1) is 37.2. The van der Waals surface area contributed by atoms with Crippen molar-refractivity contribution in [2.45, 2.75) is 38.6 Å². The summed E-state index contributed by atoms with van der Waals surface area (Å²) in [6, 6.07) is 7.82. The summed E-state index contributed by atoms with van der Waals surface area (Å²) >= 11 is 1.28. The fourth-order valence-electron chi connectivity index (χ4n) is 4.99. The van der Waals surface area contributed by atoms with Gasteiger partial charge in [0.25, 0.3) is 0 Å². The molecule has 9 N–H and O–H groups in total. The third kappa shape index (κ3) is 10.1. The number of carbonyl (C=O) groups excluding carboxylic acids is 3. The number of rotatable bonds is 18. The second-order valence-corrected chi connectivity index (χ2v) is 11.5. The van der Waals surface area contributed by atoms with Gasteiger partial charge in [-0.25, -0.2) is 0 Å². The lowest BCUT2D eigenvalue weighted by Crippen LogP contribution is -2.44. The number of Topliss-reactive ketones (excluding diaryl/α,β-unsaturated/α-hetero) is 1. The molecule has 2 amide bonds. The lowest BCUT2D eigenvalue weighted by atomic mass is 9.95. The van der Waals surface area contributed by atoms with E-state index in [-0.39, 0.29) is 18.8 Å². The number of ether oxygens (including phenoxy) is 3. The first-order valence-electron chi connectivity index (χ1n) is 14.9. The number of aromatic nitrogens is 1. The maximum Gasteiger partial charge on any atom is 0.305 e. The summed E-state index contributed by atoms with van der Waals surface area (Å²) in [6.07, 6.45) is -0.151. The van der Waals surface area contributed by atoms with Gasteiger partial charge in [-0.2, -0.15) is 4.37 Å². The van der Waals surface area contributed by atoms with Crippen molar-refractivity contribution in [2.24, 2.45) is 17.4 Å². The molecule has 2 aromatic carbocycles. The zero-order valence-electron chi connectivity index (χ0n) is 27.2. The minimum Gasteiger partial charge on any atom is -0.495 e. The number of nitrogens with two attached hydrogens (primary N) is 2. The Kier molecular flexibility index (Phi) is 13.7. The highest BCUT2D eigenvalue weighted by Gasteiger charge is 2.25. The molecule has 0 spiro atoms. The highest BCUT2D eigenvalue weighted by Crippen LogP contribution is 2.41. The molecule has 16 heteroatoms. The van der Waals surface area contributed by atoms with Crippen molar-refractivity contribution in [3.63, 3.8) is 0 Å². The van der Waals surface area contributed by atoms with Gasteiger partial charge in [0.05, 0.1) is 51.7 Å². The van der Waals surface area contributed by atoms with Gasteiger partial charge >= 0.3 is 5.97 Å². The van der Waals surface area contributed by atoms with E-state index < -0.39 is 48.5 Å². The molecule has 3 aromatic rings. The molecule has 48 heavy (non-hydrogen) atoms. The summed E-state index contributed by atoms with van der Waals surface area (Å²) in [4.78, 5) is 49.5.